The molecule has 300 valence electrons. The third-order valence-corrected chi connectivity index (χ3v) is 12.6. The number of piperazine rings is 2. The molecule has 4 fully saturated rings. The molecule has 2 aromatic heterocycles. The molecule has 5 heterocycles. The molecule has 0 spiro atoms. The zero-order valence-corrected chi connectivity index (χ0v) is 33.4. The molecule has 3 amide bonds. The first-order chi connectivity index (χ1) is 27.7. The number of benzene rings is 2. The SMILES string of the molecule is O=C1CC[C@@H](c2cccc(OC3CCC(CN4CCN(c5cc(CN6CCN(C(=O)c7cccc(Cl)c7F)CC6)nc(Nc6nccs6)c5)CC4)CC3)c2)C(=O)N1. The Labute approximate surface area is 341 Å². The molecule has 3 aliphatic heterocycles. The van der Waals surface area contributed by atoms with Gasteiger partial charge in [-0.05, 0) is 73.9 Å². The Morgan fingerprint density at radius 1 is 0.930 bits per heavy atom. The normalized spacial score (nSPS) is 22.3. The van der Waals surface area contributed by atoms with Gasteiger partial charge >= 0.3 is 0 Å². The van der Waals surface area contributed by atoms with Crippen LogP contribution in [0.4, 0.5) is 21.0 Å². The first kappa shape index (κ1) is 39.2. The van der Waals surface area contributed by atoms with E-state index in [4.69, 9.17) is 21.3 Å². The fraction of sp³-hybridized carbons (Fsp3) is 0.452. The van der Waals surface area contributed by atoms with Crippen molar-refractivity contribution in [2.24, 2.45) is 5.92 Å². The van der Waals surface area contributed by atoms with Gasteiger partial charge in [0.1, 0.15) is 11.6 Å². The zero-order valence-electron chi connectivity index (χ0n) is 31.9. The first-order valence-corrected chi connectivity index (χ1v) is 21.2. The molecular formula is C42H48ClFN8O4S. The van der Waals surface area contributed by atoms with Gasteiger partial charge in [-0.2, -0.15) is 0 Å². The van der Waals surface area contributed by atoms with Gasteiger partial charge in [0.2, 0.25) is 11.8 Å². The van der Waals surface area contributed by atoms with Crippen LogP contribution < -0.4 is 20.3 Å². The Bertz CT molecular complexity index is 2050. The standard InChI is InChI=1S/C42H48ClFN8O4S/c43-36-6-2-5-35(39(36)44)41(55)52-20-16-50(17-21-52)27-30-24-31(25-37(46-30)47-42-45-13-22-57-42)51-18-14-49(15-19-51)26-28-7-9-32(10-8-28)56-33-4-1-3-29(23-33)34-11-12-38(53)48-40(34)54/h1-6,13,22-25,28,32,34H,7-12,14-21,26-27H2,(H,45,46,47)(H,48,53,54)/t28?,32?,34-/m0/s1. The summed E-state index contributed by atoms with van der Waals surface area (Å²) in [6, 6.07) is 16.6. The lowest BCUT2D eigenvalue weighted by Crippen LogP contribution is -2.49. The molecule has 4 aliphatic rings. The maximum absolute atomic E-state index is 14.6. The van der Waals surface area contributed by atoms with E-state index in [0.29, 0.717) is 51.5 Å². The summed E-state index contributed by atoms with van der Waals surface area (Å²) >= 11 is 7.47. The third kappa shape index (κ3) is 9.74. The van der Waals surface area contributed by atoms with E-state index >= 15 is 0 Å². The number of carbonyl (C=O) groups is 3. The monoisotopic (exact) mass is 814 g/mol. The number of anilines is 3. The molecule has 0 bridgehead atoms. The molecule has 57 heavy (non-hydrogen) atoms. The molecular weight excluding hydrogens is 767 g/mol. The molecule has 0 unspecified atom stereocenters. The molecule has 1 saturated carbocycles. The summed E-state index contributed by atoms with van der Waals surface area (Å²) in [6.07, 6.45) is 7.09. The number of nitrogens with zero attached hydrogens (tertiary/aromatic N) is 6. The Hall–Kier alpha value is -4.63. The van der Waals surface area contributed by atoms with E-state index in [2.05, 4.69) is 42.5 Å². The third-order valence-electron chi connectivity index (χ3n) is 11.6. The highest BCUT2D eigenvalue weighted by Crippen LogP contribution is 2.32. The number of imide groups is 1. The van der Waals surface area contributed by atoms with E-state index < -0.39 is 5.82 Å². The predicted octanol–water partition coefficient (Wildman–Crippen LogP) is 6.31. The van der Waals surface area contributed by atoms with Crippen LogP contribution in [0.3, 0.4) is 0 Å². The van der Waals surface area contributed by atoms with E-state index in [9.17, 15) is 18.8 Å². The molecule has 15 heteroatoms. The largest absolute Gasteiger partial charge is 0.490 e. The molecule has 4 aromatic rings. The fourth-order valence-corrected chi connectivity index (χ4v) is 9.18. The summed E-state index contributed by atoms with van der Waals surface area (Å²) in [5.74, 6) is 0.438. The van der Waals surface area contributed by atoms with Crippen molar-refractivity contribution in [3.63, 3.8) is 0 Å². The smallest absolute Gasteiger partial charge is 0.256 e. The van der Waals surface area contributed by atoms with Crippen LogP contribution in [0.2, 0.25) is 5.02 Å². The summed E-state index contributed by atoms with van der Waals surface area (Å²) < 4.78 is 21.0. The van der Waals surface area contributed by atoms with Gasteiger partial charge in [0, 0.05) is 95.2 Å². The van der Waals surface area contributed by atoms with Gasteiger partial charge in [-0.25, -0.2) is 14.4 Å². The molecule has 8 rings (SSSR count). The van der Waals surface area contributed by atoms with E-state index in [1.165, 1.54) is 23.5 Å². The van der Waals surface area contributed by atoms with Crippen LogP contribution in [0, 0.1) is 11.7 Å². The van der Waals surface area contributed by atoms with Crippen molar-refractivity contribution < 1.29 is 23.5 Å². The number of piperidine rings is 1. The molecule has 1 aliphatic carbocycles. The van der Waals surface area contributed by atoms with Crippen LogP contribution in [0.15, 0.2) is 66.2 Å². The Morgan fingerprint density at radius 3 is 2.46 bits per heavy atom. The van der Waals surface area contributed by atoms with Crippen molar-refractivity contribution >= 4 is 57.3 Å². The number of pyridine rings is 1. The number of aromatic nitrogens is 2. The van der Waals surface area contributed by atoms with Crippen LogP contribution in [-0.4, -0.2) is 107 Å². The quantitative estimate of drug-likeness (QED) is 0.167. The number of hydrogen-bond donors (Lipinski definition) is 2. The highest BCUT2D eigenvalue weighted by Gasteiger charge is 2.30. The predicted molar refractivity (Wildman–Crippen MR) is 219 cm³/mol. The van der Waals surface area contributed by atoms with E-state index in [1.54, 1.807) is 17.2 Å². The molecule has 2 N–H and O–H groups in total. The highest BCUT2D eigenvalue weighted by molar-refractivity contribution is 7.13. The molecule has 2 aromatic carbocycles. The average Bonchev–Trinajstić information content (AvgIpc) is 3.73. The minimum Gasteiger partial charge on any atom is -0.490 e. The van der Waals surface area contributed by atoms with Gasteiger partial charge in [-0.3, -0.25) is 29.5 Å². The van der Waals surface area contributed by atoms with Crippen molar-refractivity contribution in [1.29, 1.82) is 0 Å². The van der Waals surface area contributed by atoms with Crippen molar-refractivity contribution in [1.82, 2.24) is 30.0 Å². The second-order valence-corrected chi connectivity index (χ2v) is 16.8. The van der Waals surface area contributed by atoms with Gasteiger partial charge in [0.15, 0.2) is 10.9 Å². The van der Waals surface area contributed by atoms with E-state index in [1.807, 2.05) is 29.6 Å². The second-order valence-electron chi connectivity index (χ2n) is 15.5. The van der Waals surface area contributed by atoms with Gasteiger partial charge in [0.25, 0.3) is 5.91 Å². The van der Waals surface area contributed by atoms with Gasteiger partial charge in [-0.15, -0.1) is 11.3 Å². The number of rotatable bonds is 11. The number of thiazole rings is 1. The molecule has 1 atom stereocenters. The maximum atomic E-state index is 14.6. The number of carbonyl (C=O) groups excluding carboxylic acids is 3. The summed E-state index contributed by atoms with van der Waals surface area (Å²) in [5, 5.41) is 8.53. The molecule has 12 nitrogen and oxygen atoms in total. The van der Waals surface area contributed by atoms with Crippen LogP contribution in [0.1, 0.15) is 66.1 Å². The maximum Gasteiger partial charge on any atom is 0.256 e. The van der Waals surface area contributed by atoms with Crippen molar-refractivity contribution in [3.05, 3.63) is 93.8 Å². The zero-order chi connectivity index (χ0) is 39.3. The minimum absolute atomic E-state index is 0.00814. The summed E-state index contributed by atoms with van der Waals surface area (Å²) in [6.45, 7) is 7.82. The summed E-state index contributed by atoms with van der Waals surface area (Å²) in [5.41, 5.74) is 2.98. The van der Waals surface area contributed by atoms with Gasteiger partial charge in [-0.1, -0.05) is 29.8 Å². The van der Waals surface area contributed by atoms with Gasteiger partial charge < -0.3 is 19.9 Å². The highest BCUT2D eigenvalue weighted by atomic mass is 35.5. The summed E-state index contributed by atoms with van der Waals surface area (Å²) in [4.78, 5) is 55.5. The minimum atomic E-state index is -0.670. The van der Waals surface area contributed by atoms with Gasteiger partial charge in [0.05, 0.1) is 28.3 Å². The number of nitrogens with one attached hydrogen (secondary N) is 2. The van der Waals surface area contributed by atoms with Crippen molar-refractivity contribution in [2.75, 3.05) is 69.1 Å². The Kier molecular flexibility index (Phi) is 12.3. The number of hydrogen-bond acceptors (Lipinski definition) is 11. The number of ether oxygens (including phenoxy) is 1. The number of amides is 3. The van der Waals surface area contributed by atoms with Crippen LogP contribution in [0.25, 0.3) is 0 Å². The molecule has 3 saturated heterocycles. The van der Waals surface area contributed by atoms with E-state index in [-0.39, 0.29) is 40.3 Å². The Balaban J connectivity index is 0.826. The topological polar surface area (TPSA) is 123 Å². The van der Waals surface area contributed by atoms with Crippen molar-refractivity contribution in [2.45, 2.75) is 57.1 Å². The second kappa shape index (κ2) is 17.9. The lowest BCUT2D eigenvalue weighted by Gasteiger charge is -2.39. The Morgan fingerprint density at radius 2 is 1.70 bits per heavy atom. The van der Waals surface area contributed by atoms with E-state index in [0.717, 1.165) is 92.1 Å². The van der Waals surface area contributed by atoms with Crippen LogP contribution >= 0.6 is 22.9 Å². The molecule has 0 radical (unpaired) electrons. The van der Waals surface area contributed by atoms with Crippen LogP contribution in [0.5, 0.6) is 5.75 Å². The lowest BCUT2D eigenvalue weighted by molar-refractivity contribution is -0.134. The van der Waals surface area contributed by atoms with Crippen LogP contribution in [-0.2, 0) is 16.1 Å². The summed E-state index contributed by atoms with van der Waals surface area (Å²) in [7, 11) is 0. The van der Waals surface area contributed by atoms with Crippen molar-refractivity contribution in [3.8, 4) is 5.75 Å². The average molecular weight is 815 g/mol. The lowest BCUT2D eigenvalue weighted by atomic mass is 9.86. The number of halogens is 2. The first-order valence-electron chi connectivity index (χ1n) is 19.9. The fourth-order valence-electron chi connectivity index (χ4n) is 8.47.